The van der Waals surface area contributed by atoms with Gasteiger partial charge in [0.05, 0.1) is 11.7 Å². The molecule has 1 aliphatic heterocycles. The van der Waals surface area contributed by atoms with Crippen LogP contribution in [0.25, 0.3) is 0 Å². The van der Waals surface area contributed by atoms with E-state index in [-0.39, 0.29) is 11.0 Å². The van der Waals surface area contributed by atoms with Crippen molar-refractivity contribution in [3.8, 4) is 6.07 Å². The molecule has 0 amide bonds. The molecule has 3 rings (SSSR count). The predicted molar refractivity (Wildman–Crippen MR) is 84.3 cm³/mol. The minimum atomic E-state index is -0.461. The summed E-state index contributed by atoms with van der Waals surface area (Å²) in [4.78, 5) is 0. The summed E-state index contributed by atoms with van der Waals surface area (Å²) in [6.45, 7) is 4.99. The number of nitrogens with one attached hydrogen (secondary N) is 1. The maximum Gasteiger partial charge on any atom is 0.140 e. The summed E-state index contributed by atoms with van der Waals surface area (Å²) in [6, 6.07) is 7.00. The smallest absolute Gasteiger partial charge is 0.140 e. The summed E-state index contributed by atoms with van der Waals surface area (Å²) in [5.41, 5.74) is 1.20. The highest BCUT2D eigenvalue weighted by atomic mass is 19.1. The Kier molecular flexibility index (Phi) is 4.96. The number of hydrogen-bond donors (Lipinski definition) is 1. The summed E-state index contributed by atoms with van der Waals surface area (Å²) in [5.74, 6) is -0.461. The molecule has 2 aliphatic rings. The van der Waals surface area contributed by atoms with Gasteiger partial charge in [-0.1, -0.05) is 6.07 Å². The number of nitriles is 1. The van der Waals surface area contributed by atoms with Crippen LogP contribution in [0.15, 0.2) is 18.2 Å². The van der Waals surface area contributed by atoms with Crippen LogP contribution in [0.5, 0.6) is 0 Å². The van der Waals surface area contributed by atoms with Crippen molar-refractivity contribution in [2.45, 2.75) is 44.9 Å². The van der Waals surface area contributed by atoms with Crippen LogP contribution in [0.1, 0.15) is 37.3 Å². The molecule has 0 aromatic heterocycles. The first-order valence-corrected chi connectivity index (χ1v) is 8.31. The highest BCUT2D eigenvalue weighted by Gasteiger charge is 2.55. The van der Waals surface area contributed by atoms with Gasteiger partial charge in [-0.05, 0) is 43.9 Å². The molecule has 1 aromatic carbocycles. The normalized spacial score (nSPS) is 25.8. The van der Waals surface area contributed by atoms with E-state index < -0.39 is 5.82 Å². The standard InChI is InChI=1S/C18H23FN2O2/c1-2-23-17-10-16(18(17)5-7-22-8-6-18)21-12-13-3-4-15(19)14(9-13)11-20/h3-4,9,16-17,21H,2,5-8,10,12H2,1H3/t16-,17-/m1/s1. The average molecular weight is 318 g/mol. The SMILES string of the molecule is CCO[C@@H]1C[C@@H](NCc2ccc(F)c(C#N)c2)C12CCOCC2. The zero-order valence-electron chi connectivity index (χ0n) is 13.5. The Morgan fingerprint density at radius 2 is 2.22 bits per heavy atom. The van der Waals surface area contributed by atoms with Crippen LogP contribution in [-0.4, -0.2) is 32.0 Å². The van der Waals surface area contributed by atoms with Crippen LogP contribution in [0.2, 0.25) is 0 Å². The molecular weight excluding hydrogens is 295 g/mol. The molecule has 0 bridgehead atoms. The third-order valence-electron chi connectivity index (χ3n) is 5.28. The van der Waals surface area contributed by atoms with Gasteiger partial charge in [-0.3, -0.25) is 0 Å². The molecule has 1 N–H and O–H groups in total. The largest absolute Gasteiger partial charge is 0.381 e. The number of ether oxygens (including phenoxy) is 2. The van der Waals surface area contributed by atoms with E-state index in [0.29, 0.717) is 18.7 Å². The van der Waals surface area contributed by atoms with Gasteiger partial charge in [0, 0.05) is 37.8 Å². The van der Waals surface area contributed by atoms with Gasteiger partial charge in [-0.2, -0.15) is 5.26 Å². The molecule has 1 saturated heterocycles. The van der Waals surface area contributed by atoms with Crippen LogP contribution < -0.4 is 5.32 Å². The molecule has 1 aliphatic carbocycles. The van der Waals surface area contributed by atoms with E-state index in [0.717, 1.165) is 44.6 Å². The van der Waals surface area contributed by atoms with Crippen molar-refractivity contribution in [1.29, 1.82) is 5.26 Å². The first-order chi connectivity index (χ1) is 11.2. The van der Waals surface area contributed by atoms with Crippen LogP contribution in [0, 0.1) is 22.6 Å². The predicted octanol–water partition coefficient (Wildman–Crippen LogP) is 2.76. The fraction of sp³-hybridized carbons (Fsp3) is 0.611. The van der Waals surface area contributed by atoms with Crippen molar-refractivity contribution in [2.75, 3.05) is 19.8 Å². The monoisotopic (exact) mass is 318 g/mol. The number of hydrogen-bond acceptors (Lipinski definition) is 4. The van der Waals surface area contributed by atoms with Crippen LogP contribution in [-0.2, 0) is 16.0 Å². The fourth-order valence-electron chi connectivity index (χ4n) is 3.90. The minimum absolute atomic E-state index is 0.103. The lowest BCUT2D eigenvalue weighted by molar-refractivity contribution is -0.173. The molecule has 1 aromatic rings. The molecular formula is C18H23FN2O2. The van der Waals surface area contributed by atoms with Gasteiger partial charge in [-0.25, -0.2) is 4.39 Å². The van der Waals surface area contributed by atoms with Crippen molar-refractivity contribution in [3.63, 3.8) is 0 Å². The maximum atomic E-state index is 13.4. The summed E-state index contributed by atoms with van der Waals surface area (Å²) in [7, 11) is 0. The third-order valence-corrected chi connectivity index (χ3v) is 5.28. The number of halogens is 1. The summed E-state index contributed by atoms with van der Waals surface area (Å²) in [5, 5.41) is 12.5. The highest BCUT2D eigenvalue weighted by Crippen LogP contribution is 2.50. The molecule has 0 unspecified atom stereocenters. The van der Waals surface area contributed by atoms with Gasteiger partial charge in [-0.15, -0.1) is 0 Å². The van der Waals surface area contributed by atoms with E-state index in [9.17, 15) is 4.39 Å². The second-order valence-corrected chi connectivity index (χ2v) is 6.38. The lowest BCUT2D eigenvalue weighted by Gasteiger charge is -2.57. The second kappa shape index (κ2) is 6.96. The van der Waals surface area contributed by atoms with E-state index >= 15 is 0 Å². The van der Waals surface area contributed by atoms with E-state index in [1.54, 1.807) is 12.1 Å². The molecule has 2 atom stereocenters. The van der Waals surface area contributed by atoms with Crippen molar-refractivity contribution in [1.82, 2.24) is 5.32 Å². The molecule has 2 fully saturated rings. The van der Waals surface area contributed by atoms with E-state index in [4.69, 9.17) is 14.7 Å². The molecule has 1 heterocycles. The topological polar surface area (TPSA) is 54.3 Å². The van der Waals surface area contributed by atoms with Gasteiger partial charge >= 0.3 is 0 Å². The second-order valence-electron chi connectivity index (χ2n) is 6.38. The van der Waals surface area contributed by atoms with Gasteiger partial charge in [0.1, 0.15) is 11.9 Å². The Hall–Kier alpha value is -1.48. The number of benzene rings is 1. The maximum absolute atomic E-state index is 13.4. The quantitative estimate of drug-likeness (QED) is 0.907. The molecule has 23 heavy (non-hydrogen) atoms. The summed E-state index contributed by atoms with van der Waals surface area (Å²) >= 11 is 0. The third kappa shape index (κ3) is 3.12. The lowest BCUT2D eigenvalue weighted by atomic mass is 9.57. The molecule has 4 nitrogen and oxygen atoms in total. The van der Waals surface area contributed by atoms with Gasteiger partial charge in [0.25, 0.3) is 0 Å². The summed E-state index contributed by atoms with van der Waals surface area (Å²) < 4.78 is 24.8. The average Bonchev–Trinajstić information content (AvgIpc) is 2.59. The lowest BCUT2D eigenvalue weighted by Crippen LogP contribution is -2.65. The van der Waals surface area contributed by atoms with E-state index in [1.807, 2.05) is 13.0 Å². The molecule has 0 radical (unpaired) electrons. The van der Waals surface area contributed by atoms with E-state index in [1.165, 1.54) is 6.07 Å². The fourth-order valence-corrected chi connectivity index (χ4v) is 3.90. The van der Waals surface area contributed by atoms with Gasteiger partial charge in [0.15, 0.2) is 0 Å². The Bertz CT molecular complexity index is 593. The Morgan fingerprint density at radius 3 is 2.91 bits per heavy atom. The Balaban J connectivity index is 1.65. The van der Waals surface area contributed by atoms with Gasteiger partial charge < -0.3 is 14.8 Å². The molecule has 5 heteroatoms. The van der Waals surface area contributed by atoms with Crippen molar-refractivity contribution in [2.24, 2.45) is 5.41 Å². The van der Waals surface area contributed by atoms with E-state index in [2.05, 4.69) is 5.32 Å². The van der Waals surface area contributed by atoms with Crippen molar-refractivity contribution >= 4 is 0 Å². The molecule has 1 saturated carbocycles. The molecule has 124 valence electrons. The number of nitrogens with zero attached hydrogens (tertiary/aromatic N) is 1. The zero-order chi connectivity index (χ0) is 16.3. The highest BCUT2D eigenvalue weighted by molar-refractivity contribution is 5.34. The van der Waals surface area contributed by atoms with Gasteiger partial charge in [0.2, 0.25) is 0 Å². The summed E-state index contributed by atoms with van der Waals surface area (Å²) in [6.07, 6.45) is 3.33. The first-order valence-electron chi connectivity index (χ1n) is 8.31. The van der Waals surface area contributed by atoms with Crippen molar-refractivity contribution in [3.05, 3.63) is 35.1 Å². The minimum Gasteiger partial charge on any atom is -0.381 e. The Morgan fingerprint density at radius 1 is 1.43 bits per heavy atom. The first kappa shape index (κ1) is 16.4. The van der Waals surface area contributed by atoms with Crippen LogP contribution in [0.4, 0.5) is 4.39 Å². The zero-order valence-corrected chi connectivity index (χ0v) is 13.5. The van der Waals surface area contributed by atoms with Crippen LogP contribution in [0.3, 0.4) is 0 Å². The number of rotatable bonds is 5. The molecule has 1 spiro atoms. The van der Waals surface area contributed by atoms with Crippen molar-refractivity contribution < 1.29 is 13.9 Å². The Labute approximate surface area is 136 Å². The van der Waals surface area contributed by atoms with Crippen LogP contribution >= 0.6 is 0 Å².